The number of nitrogens with zero attached hydrogens (tertiary/aromatic N) is 1. The van der Waals surface area contributed by atoms with Crippen molar-refractivity contribution in [2.24, 2.45) is 0 Å². The zero-order chi connectivity index (χ0) is 19.6. The molecule has 1 aliphatic heterocycles. The van der Waals surface area contributed by atoms with Crippen LogP contribution in [0, 0.1) is 0 Å². The second-order valence-electron chi connectivity index (χ2n) is 7.76. The van der Waals surface area contributed by atoms with Gasteiger partial charge in [-0.2, -0.15) is 0 Å². The molecule has 1 aromatic rings. The Morgan fingerprint density at radius 1 is 1.19 bits per heavy atom. The minimum atomic E-state index is -2.27. The summed E-state index contributed by atoms with van der Waals surface area (Å²) in [5.41, 5.74) is 1.78. The number of β-lactam (4-membered cyclic amide) rings is 1. The first-order valence-corrected chi connectivity index (χ1v) is 11.5. The lowest BCUT2D eigenvalue weighted by atomic mass is 9.93. The van der Waals surface area contributed by atoms with Gasteiger partial charge in [-0.25, -0.2) is 9.69 Å². The second kappa shape index (κ2) is 7.96. The number of amides is 2. The number of hydrogen-bond donors (Lipinski definition) is 0. The van der Waals surface area contributed by atoms with Crippen LogP contribution in [0.4, 0.5) is 4.79 Å². The maximum absolute atomic E-state index is 12.8. The van der Waals surface area contributed by atoms with Gasteiger partial charge in [0.25, 0.3) is 5.91 Å². The fraction of sp³-hybridized carbons (Fsp3) is 0.684. The summed E-state index contributed by atoms with van der Waals surface area (Å²) in [6.07, 6.45) is 1.80. The van der Waals surface area contributed by atoms with Gasteiger partial charge in [-0.15, -0.1) is 0 Å². The molecule has 0 N–H and O–H groups in total. The fourth-order valence-corrected chi connectivity index (χ4v) is 9.86. The number of carbonyl (C=O) groups is 2. The van der Waals surface area contributed by atoms with Gasteiger partial charge in [0.05, 0.1) is 19.1 Å². The maximum Gasteiger partial charge on any atom is 0.417 e. The van der Waals surface area contributed by atoms with Gasteiger partial charge in [-0.3, -0.25) is 4.79 Å². The van der Waals surface area contributed by atoms with E-state index in [0.29, 0.717) is 16.6 Å². The van der Waals surface area contributed by atoms with Gasteiger partial charge in [0.15, 0.2) is 6.10 Å². The van der Waals surface area contributed by atoms with Crippen LogP contribution in [-0.4, -0.2) is 37.9 Å². The molecule has 0 aliphatic carbocycles. The van der Waals surface area contributed by atoms with E-state index in [9.17, 15) is 9.59 Å². The van der Waals surface area contributed by atoms with Crippen LogP contribution in [0.1, 0.15) is 60.1 Å². The molecule has 2 rings (SSSR count). The quantitative estimate of drug-likeness (QED) is 0.497. The minimum absolute atomic E-state index is 0.217. The molecule has 0 spiro atoms. The Kier molecular flexibility index (Phi) is 6.34. The number of furan rings is 1. The van der Waals surface area contributed by atoms with E-state index < -0.39 is 26.6 Å². The molecule has 2 atom stereocenters. The van der Waals surface area contributed by atoms with Crippen LogP contribution in [-0.2, 0) is 14.0 Å². The molecule has 0 aromatic carbocycles. The third-order valence-corrected chi connectivity index (χ3v) is 11.5. The Hall–Kier alpha value is -1.60. The molecule has 2 unspecified atom stereocenters. The molecule has 146 valence electrons. The summed E-state index contributed by atoms with van der Waals surface area (Å²) in [5.74, 6) is -0.325. The molecule has 1 aliphatic rings. The summed E-state index contributed by atoms with van der Waals surface area (Å²) >= 11 is 0. The smallest absolute Gasteiger partial charge is 0.417 e. The van der Waals surface area contributed by atoms with Crippen LogP contribution in [0.25, 0.3) is 0 Å². The highest BCUT2D eigenvalue weighted by Crippen LogP contribution is 2.47. The lowest BCUT2D eigenvalue weighted by molar-refractivity contribution is -0.161. The Morgan fingerprint density at radius 2 is 1.77 bits per heavy atom. The molecule has 1 saturated heterocycles. The predicted octanol–water partition coefficient (Wildman–Crippen LogP) is 4.88. The lowest BCUT2D eigenvalue weighted by Gasteiger charge is -2.51. The standard InChI is InChI=1S/C19H31NO5Si/c1-8-24-19(22)20-16(15-9-10-23-11-15)17(18(20)21)25-26(12(2)3,13(4)5)14(6)7/h9-14,16-17H,8H2,1-7H3. The van der Waals surface area contributed by atoms with Crippen LogP contribution in [0.5, 0.6) is 0 Å². The van der Waals surface area contributed by atoms with E-state index in [1.54, 1.807) is 19.3 Å². The van der Waals surface area contributed by atoms with Crippen molar-refractivity contribution in [2.75, 3.05) is 6.61 Å². The number of ether oxygens (including phenoxy) is 1. The average molecular weight is 382 g/mol. The monoisotopic (exact) mass is 381 g/mol. The van der Waals surface area contributed by atoms with E-state index in [-0.39, 0.29) is 12.5 Å². The van der Waals surface area contributed by atoms with E-state index in [1.165, 1.54) is 6.26 Å². The predicted molar refractivity (Wildman–Crippen MR) is 101 cm³/mol. The molecular weight excluding hydrogens is 350 g/mol. The van der Waals surface area contributed by atoms with Crippen molar-refractivity contribution in [2.45, 2.75) is 77.2 Å². The Labute approximate surface area is 157 Å². The Morgan fingerprint density at radius 3 is 2.19 bits per heavy atom. The summed E-state index contributed by atoms with van der Waals surface area (Å²) in [6, 6.07) is 1.27. The van der Waals surface area contributed by atoms with Crippen LogP contribution in [0.15, 0.2) is 23.0 Å². The number of rotatable bonds is 7. The molecule has 1 fully saturated rings. The highest BCUT2D eigenvalue weighted by Gasteiger charge is 2.58. The number of likely N-dealkylation sites (tertiary alicyclic amines) is 1. The summed E-state index contributed by atoms with van der Waals surface area (Å²) in [7, 11) is -2.27. The summed E-state index contributed by atoms with van der Waals surface area (Å²) in [4.78, 5) is 26.2. The zero-order valence-corrected chi connectivity index (χ0v) is 17.8. The van der Waals surface area contributed by atoms with Gasteiger partial charge < -0.3 is 13.6 Å². The van der Waals surface area contributed by atoms with Gasteiger partial charge in [0.1, 0.15) is 6.04 Å². The van der Waals surface area contributed by atoms with E-state index in [2.05, 4.69) is 41.5 Å². The SMILES string of the molecule is CCOC(=O)N1C(=O)C(O[Si](C(C)C)(C(C)C)C(C)C)C1c1ccoc1. The van der Waals surface area contributed by atoms with Gasteiger partial charge in [-0.05, 0) is 29.6 Å². The maximum atomic E-state index is 12.8. The van der Waals surface area contributed by atoms with Crippen LogP contribution < -0.4 is 0 Å². The average Bonchev–Trinajstić information content (AvgIpc) is 3.05. The number of imide groups is 1. The van der Waals surface area contributed by atoms with E-state index >= 15 is 0 Å². The van der Waals surface area contributed by atoms with Crippen molar-refractivity contribution in [3.05, 3.63) is 24.2 Å². The van der Waals surface area contributed by atoms with Crippen molar-refractivity contribution in [3.8, 4) is 0 Å². The number of hydrogen-bond acceptors (Lipinski definition) is 5. The first-order chi connectivity index (χ1) is 12.2. The first kappa shape index (κ1) is 20.7. The molecule has 2 heterocycles. The fourth-order valence-electron chi connectivity index (χ4n) is 4.37. The van der Waals surface area contributed by atoms with Crippen LogP contribution in [0.2, 0.25) is 16.6 Å². The molecular formula is C19H31NO5Si. The van der Waals surface area contributed by atoms with Crippen LogP contribution >= 0.6 is 0 Å². The van der Waals surface area contributed by atoms with E-state index in [4.69, 9.17) is 13.6 Å². The summed E-state index contributed by atoms with van der Waals surface area (Å²) in [5, 5.41) is 0. The molecule has 0 radical (unpaired) electrons. The molecule has 6 nitrogen and oxygen atoms in total. The molecule has 0 saturated carbocycles. The Bertz CT molecular complexity index is 604. The van der Waals surface area contributed by atoms with E-state index in [0.717, 1.165) is 10.5 Å². The Balaban J connectivity index is 2.37. The van der Waals surface area contributed by atoms with Crippen molar-refractivity contribution >= 4 is 20.3 Å². The minimum Gasteiger partial charge on any atom is -0.472 e. The normalized spacial score (nSPS) is 20.8. The third-order valence-electron chi connectivity index (χ3n) is 5.43. The van der Waals surface area contributed by atoms with Crippen molar-refractivity contribution in [1.29, 1.82) is 0 Å². The van der Waals surface area contributed by atoms with Crippen molar-refractivity contribution in [3.63, 3.8) is 0 Å². The first-order valence-electron chi connectivity index (χ1n) is 9.38. The summed E-state index contributed by atoms with van der Waals surface area (Å²) < 4.78 is 16.9. The van der Waals surface area contributed by atoms with Gasteiger partial charge in [0, 0.05) is 5.56 Å². The zero-order valence-electron chi connectivity index (χ0n) is 16.8. The third kappa shape index (κ3) is 3.34. The molecule has 2 amide bonds. The van der Waals surface area contributed by atoms with Crippen LogP contribution in [0.3, 0.4) is 0 Å². The molecule has 7 heteroatoms. The topological polar surface area (TPSA) is 69.0 Å². The lowest BCUT2D eigenvalue weighted by Crippen LogP contribution is -2.66. The van der Waals surface area contributed by atoms with Gasteiger partial charge in [-0.1, -0.05) is 41.5 Å². The van der Waals surface area contributed by atoms with E-state index in [1.807, 2.05) is 0 Å². The largest absolute Gasteiger partial charge is 0.472 e. The highest BCUT2D eigenvalue weighted by atomic mass is 28.4. The summed E-state index contributed by atoms with van der Waals surface area (Å²) in [6.45, 7) is 15.0. The molecule has 1 aromatic heterocycles. The van der Waals surface area contributed by atoms with Gasteiger partial charge >= 0.3 is 6.09 Å². The second-order valence-corrected chi connectivity index (χ2v) is 13.2. The van der Waals surface area contributed by atoms with Gasteiger partial charge in [0.2, 0.25) is 8.32 Å². The van der Waals surface area contributed by atoms with Crippen molar-refractivity contribution in [1.82, 2.24) is 4.90 Å². The number of carbonyl (C=O) groups excluding carboxylic acids is 2. The highest BCUT2D eigenvalue weighted by molar-refractivity contribution is 6.77. The molecule has 26 heavy (non-hydrogen) atoms. The molecule has 0 bridgehead atoms. The van der Waals surface area contributed by atoms with Crippen molar-refractivity contribution < 1.29 is 23.2 Å².